The lowest BCUT2D eigenvalue weighted by Gasteiger charge is -2.23. The lowest BCUT2D eigenvalue weighted by molar-refractivity contribution is 0.814. The summed E-state index contributed by atoms with van der Waals surface area (Å²) in [5.41, 5.74) is 5.09. The first-order valence-electron chi connectivity index (χ1n) is 6.00. The summed E-state index contributed by atoms with van der Waals surface area (Å²) in [7, 11) is 0. The highest BCUT2D eigenvalue weighted by molar-refractivity contribution is 5.50. The van der Waals surface area contributed by atoms with Gasteiger partial charge in [-0.05, 0) is 44.0 Å². The Kier molecular flexibility index (Phi) is 3.47. The predicted molar refractivity (Wildman–Crippen MR) is 71.2 cm³/mol. The Morgan fingerprint density at radius 3 is 2.65 bits per heavy atom. The van der Waals surface area contributed by atoms with Gasteiger partial charge in [0.15, 0.2) is 0 Å². The van der Waals surface area contributed by atoms with Crippen molar-refractivity contribution in [1.82, 2.24) is 9.97 Å². The Morgan fingerprint density at radius 1 is 1.24 bits per heavy atom. The summed E-state index contributed by atoms with van der Waals surface area (Å²) in [5.74, 6) is 0. The van der Waals surface area contributed by atoms with Gasteiger partial charge in [-0.2, -0.15) is 0 Å². The summed E-state index contributed by atoms with van der Waals surface area (Å²) >= 11 is 0. The molecule has 3 nitrogen and oxygen atoms in total. The summed E-state index contributed by atoms with van der Waals surface area (Å²) < 4.78 is 0. The van der Waals surface area contributed by atoms with Crippen LogP contribution in [-0.2, 0) is 6.54 Å². The van der Waals surface area contributed by atoms with Gasteiger partial charge >= 0.3 is 0 Å². The van der Waals surface area contributed by atoms with Crippen LogP contribution in [0, 0.1) is 13.8 Å². The van der Waals surface area contributed by atoms with Crippen LogP contribution in [0.4, 0.5) is 5.69 Å². The third-order valence-electron chi connectivity index (χ3n) is 3.15. The number of aromatic nitrogens is 2. The van der Waals surface area contributed by atoms with Crippen molar-refractivity contribution >= 4 is 5.69 Å². The maximum absolute atomic E-state index is 4.05. The van der Waals surface area contributed by atoms with Crippen molar-refractivity contribution in [3.63, 3.8) is 0 Å². The maximum atomic E-state index is 4.05. The molecule has 0 bridgehead atoms. The molecular weight excluding hydrogens is 210 g/mol. The molecule has 0 unspecified atom stereocenters. The van der Waals surface area contributed by atoms with Gasteiger partial charge in [0.05, 0.1) is 18.6 Å². The Hall–Kier alpha value is -1.77. The Bertz CT molecular complexity index is 474. The molecule has 0 amide bonds. The van der Waals surface area contributed by atoms with Crippen molar-refractivity contribution in [2.75, 3.05) is 11.4 Å². The van der Waals surface area contributed by atoms with Crippen molar-refractivity contribution < 1.29 is 0 Å². The second kappa shape index (κ2) is 5.04. The molecule has 3 heteroatoms. The van der Waals surface area contributed by atoms with E-state index in [0.717, 1.165) is 18.8 Å². The van der Waals surface area contributed by atoms with Gasteiger partial charge in [0.25, 0.3) is 0 Å². The van der Waals surface area contributed by atoms with Crippen LogP contribution in [0.1, 0.15) is 23.7 Å². The molecule has 0 aliphatic carbocycles. The van der Waals surface area contributed by atoms with Gasteiger partial charge < -0.3 is 9.88 Å². The number of aromatic amines is 1. The summed E-state index contributed by atoms with van der Waals surface area (Å²) in [6.45, 7) is 8.33. The van der Waals surface area contributed by atoms with Crippen LogP contribution < -0.4 is 4.90 Å². The average Bonchev–Trinajstić information content (AvgIpc) is 2.82. The molecule has 90 valence electrons. The Labute approximate surface area is 103 Å². The number of aryl methyl sites for hydroxylation is 2. The normalized spacial score (nSPS) is 10.5. The molecule has 0 aliphatic rings. The van der Waals surface area contributed by atoms with Crippen LogP contribution in [0.2, 0.25) is 0 Å². The molecule has 2 aromatic rings. The number of imidazole rings is 1. The fourth-order valence-electron chi connectivity index (χ4n) is 1.88. The molecule has 0 atom stereocenters. The van der Waals surface area contributed by atoms with Crippen molar-refractivity contribution in [3.05, 3.63) is 47.5 Å². The zero-order chi connectivity index (χ0) is 12.3. The first-order valence-corrected chi connectivity index (χ1v) is 6.00. The maximum Gasteiger partial charge on any atom is 0.0922 e. The van der Waals surface area contributed by atoms with Crippen molar-refractivity contribution in [2.24, 2.45) is 0 Å². The van der Waals surface area contributed by atoms with E-state index < -0.39 is 0 Å². The van der Waals surface area contributed by atoms with Gasteiger partial charge in [0.1, 0.15) is 0 Å². The van der Waals surface area contributed by atoms with Crippen LogP contribution in [0.5, 0.6) is 0 Å². The summed E-state index contributed by atoms with van der Waals surface area (Å²) in [6, 6.07) is 6.61. The summed E-state index contributed by atoms with van der Waals surface area (Å²) in [6.07, 6.45) is 3.60. The monoisotopic (exact) mass is 229 g/mol. The lowest BCUT2D eigenvalue weighted by atomic mass is 10.1. The van der Waals surface area contributed by atoms with E-state index in [9.17, 15) is 0 Å². The molecule has 0 radical (unpaired) electrons. The molecule has 0 spiro atoms. The molecule has 0 fully saturated rings. The molecule has 2 rings (SSSR count). The van der Waals surface area contributed by atoms with Gasteiger partial charge in [-0.3, -0.25) is 0 Å². The van der Waals surface area contributed by atoms with E-state index in [-0.39, 0.29) is 0 Å². The van der Waals surface area contributed by atoms with Crippen molar-refractivity contribution in [2.45, 2.75) is 27.3 Å². The molecule has 0 aliphatic heterocycles. The number of H-pyrrole nitrogens is 1. The zero-order valence-corrected chi connectivity index (χ0v) is 10.7. The van der Waals surface area contributed by atoms with Gasteiger partial charge in [-0.1, -0.05) is 6.07 Å². The smallest absolute Gasteiger partial charge is 0.0922 e. The van der Waals surface area contributed by atoms with Gasteiger partial charge in [-0.15, -0.1) is 0 Å². The van der Waals surface area contributed by atoms with Crippen molar-refractivity contribution in [3.8, 4) is 0 Å². The minimum absolute atomic E-state index is 0.874. The third-order valence-corrected chi connectivity index (χ3v) is 3.15. The molecule has 1 aromatic heterocycles. The highest BCUT2D eigenvalue weighted by Crippen LogP contribution is 2.20. The van der Waals surface area contributed by atoms with E-state index in [1.54, 1.807) is 6.33 Å². The number of nitrogens with zero attached hydrogens (tertiary/aromatic N) is 2. The fraction of sp³-hybridized carbons (Fsp3) is 0.357. The molecule has 17 heavy (non-hydrogen) atoms. The van der Waals surface area contributed by atoms with E-state index in [2.05, 4.69) is 53.8 Å². The van der Waals surface area contributed by atoms with E-state index in [0.29, 0.717) is 0 Å². The van der Waals surface area contributed by atoms with Crippen LogP contribution in [0.15, 0.2) is 30.7 Å². The quantitative estimate of drug-likeness (QED) is 0.873. The van der Waals surface area contributed by atoms with Gasteiger partial charge in [-0.25, -0.2) is 4.98 Å². The zero-order valence-electron chi connectivity index (χ0n) is 10.7. The topological polar surface area (TPSA) is 31.9 Å². The average molecular weight is 229 g/mol. The number of hydrogen-bond donors (Lipinski definition) is 1. The first-order chi connectivity index (χ1) is 8.20. The molecular formula is C14H19N3. The minimum Gasteiger partial charge on any atom is -0.366 e. The summed E-state index contributed by atoms with van der Waals surface area (Å²) in [4.78, 5) is 9.53. The number of anilines is 1. The van der Waals surface area contributed by atoms with E-state index in [4.69, 9.17) is 0 Å². The predicted octanol–water partition coefficient (Wildman–Crippen LogP) is 3.05. The molecule has 1 aromatic carbocycles. The minimum atomic E-state index is 0.874. The first kappa shape index (κ1) is 11.7. The van der Waals surface area contributed by atoms with Crippen molar-refractivity contribution in [1.29, 1.82) is 0 Å². The van der Waals surface area contributed by atoms with Crippen LogP contribution in [-0.4, -0.2) is 16.5 Å². The highest BCUT2D eigenvalue weighted by Gasteiger charge is 2.06. The molecule has 1 heterocycles. The molecule has 0 saturated heterocycles. The Balaban J connectivity index is 2.20. The van der Waals surface area contributed by atoms with Gasteiger partial charge in [0.2, 0.25) is 0 Å². The second-order valence-corrected chi connectivity index (χ2v) is 4.36. The summed E-state index contributed by atoms with van der Waals surface area (Å²) in [5, 5.41) is 0. The number of benzene rings is 1. The lowest BCUT2D eigenvalue weighted by Crippen LogP contribution is -2.22. The number of hydrogen-bond acceptors (Lipinski definition) is 2. The fourth-order valence-corrected chi connectivity index (χ4v) is 1.88. The van der Waals surface area contributed by atoms with Crippen LogP contribution in [0.3, 0.4) is 0 Å². The van der Waals surface area contributed by atoms with E-state index in [1.165, 1.54) is 16.8 Å². The third kappa shape index (κ3) is 2.67. The van der Waals surface area contributed by atoms with E-state index in [1.807, 2.05) is 6.20 Å². The molecule has 0 saturated carbocycles. The highest BCUT2D eigenvalue weighted by atomic mass is 15.1. The van der Waals surface area contributed by atoms with E-state index >= 15 is 0 Å². The van der Waals surface area contributed by atoms with Crippen LogP contribution in [0.25, 0.3) is 0 Å². The number of nitrogens with one attached hydrogen (secondary N) is 1. The molecule has 1 N–H and O–H groups in total. The standard InChI is InChI=1S/C14H19N3/c1-4-17(9-13-8-15-10-16-13)14-6-5-11(2)12(3)7-14/h5-8,10H,4,9H2,1-3H3,(H,15,16). The second-order valence-electron chi connectivity index (χ2n) is 4.36. The SMILES string of the molecule is CCN(Cc1cnc[nH]1)c1ccc(C)c(C)c1. The van der Waals surface area contributed by atoms with Gasteiger partial charge in [0, 0.05) is 18.4 Å². The van der Waals surface area contributed by atoms with Crippen LogP contribution >= 0.6 is 0 Å². The number of rotatable bonds is 4. The largest absolute Gasteiger partial charge is 0.366 e. The Morgan fingerprint density at radius 2 is 2.06 bits per heavy atom.